The number of nitrogens with two attached hydrogens (primary N) is 1. The Balaban J connectivity index is 2.40. The van der Waals surface area contributed by atoms with Crippen LogP contribution in [-0.4, -0.2) is 4.98 Å². The molecule has 0 aliphatic rings. The van der Waals surface area contributed by atoms with Gasteiger partial charge in [0.05, 0.1) is 5.69 Å². The van der Waals surface area contributed by atoms with E-state index in [-0.39, 0.29) is 11.3 Å². The molecule has 2 rings (SSSR count). The third-order valence-electron chi connectivity index (χ3n) is 3.19. The first-order valence-electron chi connectivity index (χ1n) is 6.68. The number of benzene rings is 1. The standard InChI is InChI=1S/C14H11F5N3O2P/c15-12(16)8-3-1-5-11(22(20)25-23)9(8)7-24-13-10(14(17,18)19)4-2-6-21-13/h1-6,12H,7,20H2. The van der Waals surface area contributed by atoms with Crippen molar-refractivity contribution in [1.82, 2.24) is 4.98 Å². The van der Waals surface area contributed by atoms with E-state index in [1.807, 2.05) is 0 Å². The van der Waals surface area contributed by atoms with Crippen molar-refractivity contribution < 1.29 is 31.3 Å². The first-order valence-corrected chi connectivity index (χ1v) is 7.45. The first kappa shape index (κ1) is 19.0. The van der Waals surface area contributed by atoms with Crippen molar-refractivity contribution in [3.8, 4) is 5.88 Å². The lowest BCUT2D eigenvalue weighted by Gasteiger charge is -2.19. The summed E-state index contributed by atoms with van der Waals surface area (Å²) in [5, 5.41) is 0. The smallest absolute Gasteiger partial charge is 0.421 e. The highest BCUT2D eigenvalue weighted by molar-refractivity contribution is 7.25. The zero-order chi connectivity index (χ0) is 18.6. The summed E-state index contributed by atoms with van der Waals surface area (Å²) in [7, 11) is -0.687. The highest BCUT2D eigenvalue weighted by Gasteiger charge is 2.35. The number of hydrogen-bond acceptors (Lipinski definition) is 4. The Morgan fingerprint density at radius 2 is 1.96 bits per heavy atom. The van der Waals surface area contributed by atoms with Gasteiger partial charge in [-0.15, -0.1) is 0 Å². The molecule has 0 amide bonds. The maximum Gasteiger partial charge on any atom is 0.421 e. The quantitative estimate of drug-likeness (QED) is 0.346. The topological polar surface area (TPSA) is 68.5 Å². The number of pyridine rings is 1. The van der Waals surface area contributed by atoms with Gasteiger partial charge < -0.3 is 4.74 Å². The van der Waals surface area contributed by atoms with E-state index in [0.29, 0.717) is 4.78 Å². The van der Waals surface area contributed by atoms with Gasteiger partial charge in [0.1, 0.15) is 12.2 Å². The predicted octanol–water partition coefficient (Wildman–Crippen LogP) is 4.50. The van der Waals surface area contributed by atoms with Crippen LogP contribution in [0.15, 0.2) is 36.5 Å². The number of alkyl halides is 5. The highest BCUT2D eigenvalue weighted by Crippen LogP contribution is 2.36. The van der Waals surface area contributed by atoms with Crippen LogP contribution in [0.5, 0.6) is 5.88 Å². The molecule has 0 atom stereocenters. The van der Waals surface area contributed by atoms with Gasteiger partial charge in [0.15, 0.2) is 0 Å². The van der Waals surface area contributed by atoms with Gasteiger partial charge in [0, 0.05) is 17.3 Å². The summed E-state index contributed by atoms with van der Waals surface area (Å²) in [5.74, 6) is 4.69. The average Bonchev–Trinajstić information content (AvgIpc) is 2.58. The molecule has 0 aliphatic carbocycles. The lowest BCUT2D eigenvalue weighted by Crippen LogP contribution is -2.21. The summed E-state index contributed by atoms with van der Waals surface area (Å²) in [6, 6.07) is 5.46. The second kappa shape index (κ2) is 7.71. The maximum atomic E-state index is 13.2. The molecule has 25 heavy (non-hydrogen) atoms. The van der Waals surface area contributed by atoms with Crippen LogP contribution in [0.2, 0.25) is 0 Å². The van der Waals surface area contributed by atoms with Crippen LogP contribution in [0, 0.1) is 0 Å². The molecule has 2 aromatic rings. The molecule has 11 heteroatoms. The summed E-state index contributed by atoms with van der Waals surface area (Å²) in [6.45, 7) is -0.668. The number of hydrazine groups is 1. The number of halogens is 5. The number of anilines is 1. The second-order valence-corrected chi connectivity index (χ2v) is 5.31. The second-order valence-electron chi connectivity index (χ2n) is 4.71. The van der Waals surface area contributed by atoms with Crippen molar-refractivity contribution in [1.29, 1.82) is 0 Å². The number of ether oxygens (including phenoxy) is 1. The lowest BCUT2D eigenvalue weighted by molar-refractivity contribution is -0.139. The fourth-order valence-corrected chi connectivity index (χ4v) is 2.35. The van der Waals surface area contributed by atoms with Crippen LogP contribution in [0.25, 0.3) is 0 Å². The average molecular weight is 379 g/mol. The Morgan fingerprint density at radius 1 is 1.24 bits per heavy atom. The van der Waals surface area contributed by atoms with Crippen molar-refractivity contribution in [2.45, 2.75) is 19.2 Å². The number of nitrogens with zero attached hydrogens (tertiary/aromatic N) is 2. The molecule has 0 fully saturated rings. The molecular formula is C14H11F5N3O2P. The third kappa shape index (κ3) is 4.40. The van der Waals surface area contributed by atoms with Crippen molar-refractivity contribution >= 4 is 14.3 Å². The van der Waals surface area contributed by atoms with Gasteiger partial charge in [0.25, 0.3) is 15.0 Å². The Kier molecular flexibility index (Phi) is 5.86. The minimum atomic E-state index is -4.72. The monoisotopic (exact) mass is 379 g/mol. The zero-order valence-electron chi connectivity index (χ0n) is 12.4. The molecule has 0 aliphatic heterocycles. The van der Waals surface area contributed by atoms with Crippen molar-refractivity contribution in [3.05, 3.63) is 53.2 Å². The molecule has 1 aromatic carbocycles. The van der Waals surface area contributed by atoms with Crippen molar-refractivity contribution in [3.63, 3.8) is 0 Å². The normalized spacial score (nSPS) is 11.8. The molecule has 0 saturated carbocycles. The largest absolute Gasteiger partial charge is 0.472 e. The SMILES string of the molecule is NN(P=O)c1cccc(C(F)F)c1COc1ncccc1C(F)(F)F. The number of rotatable bonds is 6. The summed E-state index contributed by atoms with van der Waals surface area (Å²) >= 11 is 0. The highest BCUT2D eigenvalue weighted by atomic mass is 31.1. The maximum absolute atomic E-state index is 13.2. The van der Waals surface area contributed by atoms with Gasteiger partial charge in [0.2, 0.25) is 5.88 Å². The first-order chi connectivity index (χ1) is 11.8. The van der Waals surface area contributed by atoms with Crippen LogP contribution >= 0.6 is 8.61 Å². The lowest BCUT2D eigenvalue weighted by atomic mass is 10.1. The Hall–Kier alpha value is -2.32. The van der Waals surface area contributed by atoms with Crippen LogP contribution in [0.4, 0.5) is 27.6 Å². The Morgan fingerprint density at radius 3 is 2.56 bits per heavy atom. The van der Waals surface area contributed by atoms with Crippen LogP contribution in [0.3, 0.4) is 0 Å². The van der Waals surface area contributed by atoms with Gasteiger partial charge in [-0.05, 0) is 18.2 Å². The van der Waals surface area contributed by atoms with Crippen LogP contribution in [0.1, 0.15) is 23.1 Å². The molecule has 1 heterocycles. The molecule has 0 saturated heterocycles. The number of hydrogen-bond donors (Lipinski definition) is 1. The van der Waals surface area contributed by atoms with Gasteiger partial charge in [-0.1, -0.05) is 12.1 Å². The molecule has 1 aromatic heterocycles. The van der Waals surface area contributed by atoms with E-state index in [1.165, 1.54) is 12.1 Å². The third-order valence-corrected chi connectivity index (χ3v) is 3.58. The Bertz CT molecular complexity index is 757. The summed E-state index contributed by atoms with van der Waals surface area (Å²) < 4.78 is 81.7. The van der Waals surface area contributed by atoms with Crippen LogP contribution < -0.4 is 15.4 Å². The van der Waals surface area contributed by atoms with Gasteiger partial charge in [-0.3, -0.25) is 0 Å². The van der Waals surface area contributed by atoms with E-state index in [1.54, 1.807) is 0 Å². The van der Waals surface area contributed by atoms with E-state index >= 15 is 0 Å². The van der Waals surface area contributed by atoms with E-state index in [0.717, 1.165) is 24.4 Å². The minimum Gasteiger partial charge on any atom is -0.472 e. The molecule has 0 radical (unpaired) electrons. The molecule has 0 unspecified atom stereocenters. The summed E-state index contributed by atoms with van der Waals surface area (Å²) in [5.41, 5.74) is -1.90. The van der Waals surface area contributed by atoms with Gasteiger partial charge in [-0.2, -0.15) is 13.2 Å². The molecule has 134 valence electrons. The number of aromatic nitrogens is 1. The van der Waals surface area contributed by atoms with Crippen molar-refractivity contribution in [2.75, 3.05) is 4.78 Å². The Labute approximate surface area is 140 Å². The molecule has 5 nitrogen and oxygen atoms in total. The van der Waals surface area contributed by atoms with Gasteiger partial charge >= 0.3 is 6.18 Å². The molecule has 2 N–H and O–H groups in total. The fraction of sp³-hybridized carbons (Fsp3) is 0.214. The zero-order valence-corrected chi connectivity index (χ0v) is 13.3. The minimum absolute atomic E-state index is 0.0704. The van der Waals surface area contributed by atoms with E-state index in [9.17, 15) is 26.5 Å². The van der Waals surface area contributed by atoms with E-state index in [2.05, 4.69) is 4.98 Å². The van der Waals surface area contributed by atoms with E-state index in [4.69, 9.17) is 10.6 Å². The summed E-state index contributed by atoms with van der Waals surface area (Å²) in [6.07, 6.45) is -6.57. The summed E-state index contributed by atoms with van der Waals surface area (Å²) in [4.78, 5) is 3.49. The predicted molar refractivity (Wildman–Crippen MR) is 79.2 cm³/mol. The van der Waals surface area contributed by atoms with E-state index < -0.39 is 44.8 Å². The van der Waals surface area contributed by atoms with Gasteiger partial charge in [-0.25, -0.2) is 29.0 Å². The molecular weight excluding hydrogens is 368 g/mol. The van der Waals surface area contributed by atoms with Crippen LogP contribution in [-0.2, 0) is 17.3 Å². The molecule has 0 bridgehead atoms. The molecule has 0 spiro atoms. The van der Waals surface area contributed by atoms with Crippen molar-refractivity contribution in [2.24, 2.45) is 5.84 Å². The fourth-order valence-electron chi connectivity index (χ4n) is 2.07.